The second-order valence-corrected chi connectivity index (χ2v) is 8.97. The molecule has 0 aliphatic carbocycles. The second-order valence-electron chi connectivity index (χ2n) is 6.34. The standard InChI is InChI=1S/C16H20ClFN2O4S/c17-14-9-12(18)1-2-15(14)24-10-16(21)20-6-4-19(5-7-20)13-3-8-25(22,23)11-13/h1-2,9,13H,3-8,10-11H2. The molecule has 0 aromatic heterocycles. The monoisotopic (exact) mass is 390 g/mol. The maximum Gasteiger partial charge on any atom is 0.260 e. The molecular weight excluding hydrogens is 371 g/mol. The van der Waals surface area contributed by atoms with Gasteiger partial charge in [-0.2, -0.15) is 0 Å². The van der Waals surface area contributed by atoms with Gasteiger partial charge in [-0.15, -0.1) is 0 Å². The molecule has 25 heavy (non-hydrogen) atoms. The number of hydrogen-bond acceptors (Lipinski definition) is 5. The fourth-order valence-corrected chi connectivity index (χ4v) is 5.21. The number of piperazine rings is 1. The lowest BCUT2D eigenvalue weighted by Crippen LogP contribution is -2.53. The Kier molecular flexibility index (Phi) is 5.50. The predicted octanol–water partition coefficient (Wildman–Crippen LogP) is 1.19. The summed E-state index contributed by atoms with van der Waals surface area (Å²) in [5, 5.41) is 0.125. The van der Waals surface area contributed by atoms with Crippen molar-refractivity contribution >= 4 is 27.3 Å². The third-order valence-electron chi connectivity index (χ3n) is 4.64. The molecule has 2 aliphatic rings. The van der Waals surface area contributed by atoms with Gasteiger partial charge in [-0.1, -0.05) is 11.6 Å². The van der Waals surface area contributed by atoms with E-state index in [1.54, 1.807) is 4.90 Å². The Morgan fingerprint density at radius 1 is 1.28 bits per heavy atom. The van der Waals surface area contributed by atoms with E-state index in [0.717, 1.165) is 6.07 Å². The number of benzene rings is 1. The largest absolute Gasteiger partial charge is 0.482 e. The zero-order valence-corrected chi connectivity index (χ0v) is 15.2. The highest BCUT2D eigenvalue weighted by atomic mass is 35.5. The lowest BCUT2D eigenvalue weighted by molar-refractivity contribution is -0.135. The van der Waals surface area contributed by atoms with Gasteiger partial charge in [-0.3, -0.25) is 9.69 Å². The number of amides is 1. The molecule has 0 N–H and O–H groups in total. The minimum absolute atomic E-state index is 0.0662. The van der Waals surface area contributed by atoms with Gasteiger partial charge in [0.05, 0.1) is 16.5 Å². The van der Waals surface area contributed by atoms with Gasteiger partial charge >= 0.3 is 0 Å². The summed E-state index contributed by atoms with van der Waals surface area (Å²) in [6.07, 6.45) is 0.669. The van der Waals surface area contributed by atoms with Gasteiger partial charge in [0.2, 0.25) is 0 Å². The van der Waals surface area contributed by atoms with E-state index >= 15 is 0 Å². The van der Waals surface area contributed by atoms with Crippen molar-refractivity contribution in [2.45, 2.75) is 12.5 Å². The Balaban J connectivity index is 1.47. The molecule has 138 valence electrons. The summed E-state index contributed by atoms with van der Waals surface area (Å²) in [6, 6.07) is 3.82. The molecular formula is C16H20ClFN2O4S. The first-order chi connectivity index (χ1) is 11.8. The highest BCUT2D eigenvalue weighted by molar-refractivity contribution is 7.91. The number of carbonyl (C=O) groups is 1. The average Bonchev–Trinajstić information content (AvgIpc) is 2.94. The maximum atomic E-state index is 13.0. The Bertz CT molecular complexity index is 751. The summed E-state index contributed by atoms with van der Waals surface area (Å²) in [5.74, 6) is 0.106. The van der Waals surface area contributed by atoms with Crippen LogP contribution in [0.25, 0.3) is 0 Å². The topological polar surface area (TPSA) is 66.9 Å². The molecule has 1 aromatic rings. The van der Waals surface area contributed by atoms with Crippen molar-refractivity contribution in [1.82, 2.24) is 9.80 Å². The minimum atomic E-state index is -2.90. The van der Waals surface area contributed by atoms with Crippen molar-refractivity contribution in [3.05, 3.63) is 29.0 Å². The lowest BCUT2D eigenvalue weighted by atomic mass is 10.2. The number of hydrogen-bond donors (Lipinski definition) is 0. The molecule has 0 saturated carbocycles. The Morgan fingerprint density at radius 2 is 2.00 bits per heavy atom. The van der Waals surface area contributed by atoms with E-state index in [9.17, 15) is 17.6 Å². The average molecular weight is 391 g/mol. The minimum Gasteiger partial charge on any atom is -0.482 e. The van der Waals surface area contributed by atoms with Gasteiger partial charge in [-0.25, -0.2) is 12.8 Å². The third-order valence-corrected chi connectivity index (χ3v) is 6.68. The molecule has 1 atom stereocenters. The molecule has 0 radical (unpaired) electrons. The molecule has 9 heteroatoms. The van der Waals surface area contributed by atoms with E-state index in [1.807, 2.05) is 0 Å². The smallest absolute Gasteiger partial charge is 0.260 e. The van der Waals surface area contributed by atoms with Crippen molar-refractivity contribution in [2.24, 2.45) is 0 Å². The van der Waals surface area contributed by atoms with Crippen LogP contribution in [0.5, 0.6) is 5.75 Å². The summed E-state index contributed by atoms with van der Waals surface area (Å²) < 4.78 is 41.5. The summed E-state index contributed by atoms with van der Waals surface area (Å²) in [5.41, 5.74) is 0. The summed E-state index contributed by atoms with van der Waals surface area (Å²) in [7, 11) is -2.90. The predicted molar refractivity (Wildman–Crippen MR) is 92.1 cm³/mol. The SMILES string of the molecule is O=C(COc1ccc(F)cc1Cl)N1CCN(C2CCS(=O)(=O)C2)CC1. The van der Waals surface area contributed by atoms with Crippen LogP contribution in [0.2, 0.25) is 5.02 Å². The highest BCUT2D eigenvalue weighted by Crippen LogP contribution is 2.25. The van der Waals surface area contributed by atoms with Crippen LogP contribution in [0.3, 0.4) is 0 Å². The Labute approximate surface area is 151 Å². The zero-order valence-electron chi connectivity index (χ0n) is 13.7. The van der Waals surface area contributed by atoms with Crippen molar-refractivity contribution in [1.29, 1.82) is 0 Å². The van der Waals surface area contributed by atoms with E-state index in [2.05, 4.69) is 4.90 Å². The zero-order chi connectivity index (χ0) is 18.0. The van der Waals surface area contributed by atoms with Crippen LogP contribution < -0.4 is 4.74 Å². The van der Waals surface area contributed by atoms with E-state index in [4.69, 9.17) is 16.3 Å². The normalized spacial score (nSPS) is 23.6. The molecule has 3 rings (SSSR count). The van der Waals surface area contributed by atoms with Gasteiger partial charge in [0.1, 0.15) is 11.6 Å². The fourth-order valence-electron chi connectivity index (χ4n) is 3.22. The van der Waals surface area contributed by atoms with Crippen LogP contribution in [-0.2, 0) is 14.6 Å². The van der Waals surface area contributed by atoms with Crippen LogP contribution in [0.1, 0.15) is 6.42 Å². The second kappa shape index (κ2) is 7.47. The van der Waals surface area contributed by atoms with Gasteiger partial charge in [0, 0.05) is 32.2 Å². The van der Waals surface area contributed by atoms with Crippen molar-refractivity contribution in [3.63, 3.8) is 0 Å². The molecule has 1 aromatic carbocycles. The molecule has 0 spiro atoms. The molecule has 2 saturated heterocycles. The number of ether oxygens (including phenoxy) is 1. The van der Waals surface area contributed by atoms with Crippen molar-refractivity contribution < 1.29 is 22.3 Å². The lowest BCUT2D eigenvalue weighted by Gasteiger charge is -2.37. The first kappa shape index (κ1) is 18.4. The Morgan fingerprint density at radius 3 is 2.60 bits per heavy atom. The van der Waals surface area contributed by atoms with Crippen LogP contribution >= 0.6 is 11.6 Å². The first-order valence-electron chi connectivity index (χ1n) is 8.14. The van der Waals surface area contributed by atoms with E-state index in [-0.39, 0.29) is 40.8 Å². The van der Waals surface area contributed by atoms with Crippen LogP contribution in [0.4, 0.5) is 4.39 Å². The number of nitrogens with zero attached hydrogens (tertiary/aromatic N) is 2. The fraction of sp³-hybridized carbons (Fsp3) is 0.562. The molecule has 2 heterocycles. The number of halogens is 2. The van der Waals surface area contributed by atoms with Crippen LogP contribution in [0.15, 0.2) is 18.2 Å². The maximum absolute atomic E-state index is 13.0. The highest BCUT2D eigenvalue weighted by Gasteiger charge is 2.34. The quantitative estimate of drug-likeness (QED) is 0.772. The summed E-state index contributed by atoms with van der Waals surface area (Å²) in [4.78, 5) is 16.1. The number of carbonyl (C=O) groups excluding carboxylic acids is 1. The van der Waals surface area contributed by atoms with Gasteiger partial charge < -0.3 is 9.64 Å². The summed E-state index contributed by atoms with van der Waals surface area (Å²) >= 11 is 5.87. The molecule has 1 unspecified atom stereocenters. The molecule has 1 amide bonds. The third kappa shape index (κ3) is 4.62. The molecule has 0 bridgehead atoms. The first-order valence-corrected chi connectivity index (χ1v) is 10.3. The molecule has 2 aliphatic heterocycles. The van der Waals surface area contributed by atoms with E-state index in [1.165, 1.54) is 12.1 Å². The summed E-state index contributed by atoms with van der Waals surface area (Å²) in [6.45, 7) is 2.22. The van der Waals surface area contributed by atoms with Crippen molar-refractivity contribution in [2.75, 3.05) is 44.3 Å². The van der Waals surface area contributed by atoms with Gasteiger partial charge in [0.15, 0.2) is 16.4 Å². The van der Waals surface area contributed by atoms with Gasteiger partial charge in [0.25, 0.3) is 5.91 Å². The number of rotatable bonds is 4. The van der Waals surface area contributed by atoms with Crippen molar-refractivity contribution in [3.8, 4) is 5.75 Å². The molecule has 6 nitrogen and oxygen atoms in total. The van der Waals surface area contributed by atoms with Crippen LogP contribution in [0, 0.1) is 5.82 Å². The number of sulfone groups is 1. The Hall–Kier alpha value is -1.38. The molecule has 2 fully saturated rings. The van der Waals surface area contributed by atoms with Crippen LogP contribution in [-0.4, -0.2) is 74.5 Å². The van der Waals surface area contributed by atoms with E-state index < -0.39 is 15.7 Å². The van der Waals surface area contributed by atoms with Gasteiger partial charge in [-0.05, 0) is 24.6 Å². The van der Waals surface area contributed by atoms with E-state index in [0.29, 0.717) is 32.6 Å².